The van der Waals surface area contributed by atoms with Gasteiger partial charge in [0.15, 0.2) is 0 Å². The minimum absolute atomic E-state index is 0.00350. The Labute approximate surface area is 125 Å². The Kier molecular flexibility index (Phi) is 4.61. The molecule has 0 saturated heterocycles. The van der Waals surface area contributed by atoms with E-state index in [0.717, 1.165) is 0 Å². The normalized spacial score (nSPS) is 10.4. The molecule has 0 saturated carbocycles. The third kappa shape index (κ3) is 3.41. The molecule has 0 aliphatic carbocycles. The zero-order valence-corrected chi connectivity index (χ0v) is 12.1. The van der Waals surface area contributed by atoms with Gasteiger partial charge in [0, 0.05) is 29.2 Å². The molecule has 0 fully saturated rings. The second-order valence-corrected chi connectivity index (χ2v) is 5.18. The minimum atomic E-state index is -0.455. The Balaban J connectivity index is 2.21. The number of hydrogen-bond donors (Lipinski definition) is 2. The van der Waals surface area contributed by atoms with Gasteiger partial charge in [-0.25, -0.2) is 4.98 Å². The van der Waals surface area contributed by atoms with E-state index in [0.29, 0.717) is 22.7 Å². The van der Waals surface area contributed by atoms with Crippen molar-refractivity contribution in [3.8, 4) is 0 Å². The van der Waals surface area contributed by atoms with Crippen LogP contribution in [0.1, 0.15) is 28.0 Å². The van der Waals surface area contributed by atoms with Crippen LogP contribution in [0.4, 0.5) is 11.4 Å². The molecule has 3 N–H and O–H groups in total. The number of hydrogen-bond acceptors (Lipinski definition) is 6. The Hall–Kier alpha value is -2.32. The molecule has 110 valence electrons. The van der Waals surface area contributed by atoms with Crippen LogP contribution in [0, 0.1) is 10.1 Å². The van der Waals surface area contributed by atoms with E-state index in [1.165, 1.54) is 17.4 Å². The lowest BCUT2D eigenvalue weighted by Gasteiger charge is -2.05. The van der Waals surface area contributed by atoms with Crippen molar-refractivity contribution in [3.63, 3.8) is 0 Å². The molecule has 1 amide bonds. The number of anilines is 1. The van der Waals surface area contributed by atoms with Crippen LogP contribution in [-0.4, -0.2) is 15.8 Å². The number of rotatable bonds is 5. The van der Waals surface area contributed by atoms with Crippen LogP contribution in [0.25, 0.3) is 0 Å². The quantitative estimate of drug-likeness (QED) is 0.650. The number of benzene rings is 1. The van der Waals surface area contributed by atoms with Crippen LogP contribution in [0.2, 0.25) is 0 Å². The van der Waals surface area contributed by atoms with Gasteiger partial charge in [-0.05, 0) is 12.5 Å². The molecule has 0 spiro atoms. The van der Waals surface area contributed by atoms with Crippen molar-refractivity contribution >= 4 is 28.6 Å². The number of nitro benzene ring substituents is 1. The predicted molar refractivity (Wildman–Crippen MR) is 80.4 cm³/mol. The first-order chi connectivity index (χ1) is 10.0. The first-order valence-corrected chi connectivity index (χ1v) is 7.16. The molecule has 1 aromatic heterocycles. The first-order valence-electron chi connectivity index (χ1n) is 6.28. The number of nitrogens with zero attached hydrogens (tertiary/aromatic N) is 2. The Morgan fingerprint density at radius 2 is 2.29 bits per heavy atom. The highest BCUT2D eigenvalue weighted by atomic mass is 32.1. The highest BCUT2D eigenvalue weighted by molar-refractivity contribution is 7.09. The maximum atomic E-state index is 12.0. The molecule has 8 heteroatoms. The van der Waals surface area contributed by atoms with Crippen LogP contribution < -0.4 is 11.1 Å². The molecule has 2 aromatic rings. The van der Waals surface area contributed by atoms with Crippen LogP contribution >= 0.6 is 11.3 Å². The molecule has 0 unspecified atom stereocenters. The Morgan fingerprint density at radius 3 is 2.86 bits per heavy atom. The van der Waals surface area contributed by atoms with Crippen molar-refractivity contribution in [2.75, 3.05) is 5.32 Å². The number of aryl methyl sites for hydroxylation is 1. The summed E-state index contributed by atoms with van der Waals surface area (Å²) in [6.07, 6.45) is 0.552. The lowest BCUT2D eigenvalue weighted by molar-refractivity contribution is -0.385. The zero-order valence-electron chi connectivity index (χ0n) is 11.3. The van der Waals surface area contributed by atoms with Crippen LogP contribution in [-0.2, 0) is 13.0 Å². The summed E-state index contributed by atoms with van der Waals surface area (Å²) >= 11 is 1.30. The molecule has 0 aliphatic heterocycles. The Bertz CT molecular complexity index is 684. The van der Waals surface area contributed by atoms with Gasteiger partial charge in [-0.1, -0.05) is 13.0 Å². The van der Waals surface area contributed by atoms with Crippen LogP contribution in [0.5, 0.6) is 0 Å². The molecule has 21 heavy (non-hydrogen) atoms. The lowest BCUT2D eigenvalue weighted by atomic mass is 10.1. The molecule has 0 radical (unpaired) electrons. The van der Waals surface area contributed by atoms with Crippen LogP contribution in [0.15, 0.2) is 23.6 Å². The lowest BCUT2D eigenvalue weighted by Crippen LogP contribution is -2.13. The minimum Gasteiger partial charge on any atom is -0.325 e. The summed E-state index contributed by atoms with van der Waals surface area (Å²) in [5, 5.41) is 15.9. The van der Waals surface area contributed by atoms with Crippen LogP contribution in [0.3, 0.4) is 0 Å². The summed E-state index contributed by atoms with van der Waals surface area (Å²) in [7, 11) is 0. The predicted octanol–water partition coefficient (Wildman–Crippen LogP) is 2.32. The van der Waals surface area contributed by atoms with E-state index in [4.69, 9.17) is 5.73 Å². The number of carbonyl (C=O) groups excluding carboxylic acids is 1. The molecular weight excluding hydrogens is 292 g/mol. The van der Waals surface area contributed by atoms with E-state index in [9.17, 15) is 14.9 Å². The van der Waals surface area contributed by atoms with E-state index < -0.39 is 10.8 Å². The third-order valence-electron chi connectivity index (χ3n) is 2.88. The van der Waals surface area contributed by atoms with Gasteiger partial charge in [-0.2, -0.15) is 0 Å². The average Bonchev–Trinajstić information content (AvgIpc) is 2.96. The molecule has 0 aliphatic rings. The van der Waals surface area contributed by atoms with Gasteiger partial charge in [-0.15, -0.1) is 11.3 Å². The van der Waals surface area contributed by atoms with Crippen molar-refractivity contribution in [3.05, 3.63) is 50.0 Å². The molecule has 1 aromatic carbocycles. The highest BCUT2D eigenvalue weighted by Gasteiger charge is 2.15. The molecule has 1 heterocycles. The van der Waals surface area contributed by atoms with E-state index in [-0.39, 0.29) is 17.9 Å². The van der Waals surface area contributed by atoms with Gasteiger partial charge in [0.2, 0.25) is 0 Å². The summed E-state index contributed by atoms with van der Waals surface area (Å²) in [6.45, 7) is 2.11. The number of carbonyl (C=O) groups is 1. The number of thiazole rings is 1. The average molecular weight is 306 g/mol. The van der Waals surface area contributed by atoms with E-state index in [1.54, 1.807) is 17.5 Å². The standard InChI is InChI=1S/C13H14N4O3S/c1-2-8-3-4-9(5-11(8)17(19)20)15-13(18)10-7-21-12(6-14)16-10/h3-5,7H,2,6,14H2,1H3,(H,15,18). The fraction of sp³-hybridized carbons (Fsp3) is 0.231. The molecule has 0 bridgehead atoms. The third-order valence-corrected chi connectivity index (χ3v) is 3.75. The van der Waals surface area contributed by atoms with Gasteiger partial charge >= 0.3 is 0 Å². The molecule has 7 nitrogen and oxygen atoms in total. The van der Waals surface area contributed by atoms with Gasteiger partial charge in [-0.3, -0.25) is 14.9 Å². The fourth-order valence-electron chi connectivity index (χ4n) is 1.81. The smallest absolute Gasteiger partial charge is 0.275 e. The topological polar surface area (TPSA) is 111 Å². The van der Waals surface area contributed by atoms with E-state index in [2.05, 4.69) is 10.3 Å². The van der Waals surface area contributed by atoms with Gasteiger partial charge in [0.05, 0.1) is 4.92 Å². The molecule has 2 rings (SSSR count). The van der Waals surface area contributed by atoms with Gasteiger partial charge in [0.25, 0.3) is 11.6 Å². The summed E-state index contributed by atoms with van der Waals surface area (Å²) in [6, 6.07) is 4.63. The van der Waals surface area contributed by atoms with Gasteiger partial charge < -0.3 is 11.1 Å². The van der Waals surface area contributed by atoms with Crippen molar-refractivity contribution in [2.24, 2.45) is 5.73 Å². The van der Waals surface area contributed by atoms with Crippen molar-refractivity contribution in [1.82, 2.24) is 4.98 Å². The summed E-state index contributed by atoms with van der Waals surface area (Å²) < 4.78 is 0. The number of amides is 1. The SMILES string of the molecule is CCc1ccc(NC(=O)c2csc(CN)n2)cc1[N+](=O)[O-]. The summed E-state index contributed by atoms with van der Waals surface area (Å²) in [4.78, 5) is 26.6. The second-order valence-electron chi connectivity index (χ2n) is 4.24. The maximum Gasteiger partial charge on any atom is 0.275 e. The first kappa shape index (κ1) is 15.1. The van der Waals surface area contributed by atoms with Crippen molar-refractivity contribution in [1.29, 1.82) is 0 Å². The fourth-order valence-corrected chi connectivity index (χ4v) is 2.47. The monoisotopic (exact) mass is 306 g/mol. The van der Waals surface area contributed by atoms with Crippen molar-refractivity contribution < 1.29 is 9.72 Å². The maximum absolute atomic E-state index is 12.0. The van der Waals surface area contributed by atoms with E-state index in [1.807, 2.05) is 6.92 Å². The molecule has 0 atom stereocenters. The van der Waals surface area contributed by atoms with Crippen molar-refractivity contribution in [2.45, 2.75) is 19.9 Å². The Morgan fingerprint density at radius 1 is 1.52 bits per heavy atom. The number of nitrogens with two attached hydrogens (primary N) is 1. The summed E-state index contributed by atoms with van der Waals surface area (Å²) in [5.74, 6) is -0.413. The van der Waals surface area contributed by atoms with E-state index >= 15 is 0 Å². The number of aromatic nitrogens is 1. The highest BCUT2D eigenvalue weighted by Crippen LogP contribution is 2.24. The number of nitro groups is 1. The number of nitrogens with one attached hydrogen (secondary N) is 1. The summed E-state index contributed by atoms with van der Waals surface area (Å²) in [5.41, 5.74) is 6.68. The second kappa shape index (κ2) is 6.42. The molecular formula is C13H14N4O3S. The largest absolute Gasteiger partial charge is 0.325 e. The van der Waals surface area contributed by atoms with Gasteiger partial charge in [0.1, 0.15) is 10.7 Å². The zero-order chi connectivity index (χ0) is 15.4.